The van der Waals surface area contributed by atoms with Crippen LogP contribution in [0.2, 0.25) is 0 Å². The first-order valence-electron chi connectivity index (χ1n) is 10.9. The molecule has 0 fully saturated rings. The van der Waals surface area contributed by atoms with E-state index in [9.17, 15) is 13.2 Å². The average molecular weight is 477 g/mol. The Bertz CT molecular complexity index is 1510. The molecule has 0 radical (unpaired) electrons. The van der Waals surface area contributed by atoms with Gasteiger partial charge < -0.3 is 10.6 Å². The summed E-state index contributed by atoms with van der Waals surface area (Å²) in [7, 11) is -1.90. The van der Waals surface area contributed by atoms with Crippen LogP contribution in [0.5, 0.6) is 0 Å². The summed E-state index contributed by atoms with van der Waals surface area (Å²) in [5.74, 6) is 0.437. The van der Waals surface area contributed by atoms with Gasteiger partial charge in [0.2, 0.25) is 21.9 Å². The molecule has 34 heavy (non-hydrogen) atoms. The summed E-state index contributed by atoms with van der Waals surface area (Å²) >= 11 is 0. The molecule has 0 saturated heterocycles. The summed E-state index contributed by atoms with van der Waals surface area (Å²) < 4.78 is 27.4. The lowest BCUT2D eigenvalue weighted by atomic mass is 10.1. The summed E-state index contributed by atoms with van der Waals surface area (Å²) in [4.78, 5) is 16.2. The number of nitrogens with zero attached hydrogens (tertiary/aromatic N) is 4. The molecule has 2 N–H and O–H groups in total. The molecule has 10 heteroatoms. The monoisotopic (exact) mass is 476 g/mol. The molecular formula is C24H24N6O3S. The molecule has 0 aliphatic carbocycles. The lowest BCUT2D eigenvalue weighted by molar-refractivity contribution is -0.116. The van der Waals surface area contributed by atoms with Crippen molar-refractivity contribution in [2.75, 3.05) is 28.2 Å². The highest BCUT2D eigenvalue weighted by atomic mass is 32.2. The predicted molar refractivity (Wildman–Crippen MR) is 133 cm³/mol. The van der Waals surface area contributed by atoms with E-state index in [1.165, 1.54) is 17.6 Å². The second-order valence-corrected chi connectivity index (χ2v) is 10.3. The molecule has 2 aromatic carbocycles. The van der Waals surface area contributed by atoms with E-state index in [1.807, 2.05) is 42.5 Å². The molecule has 1 aliphatic heterocycles. The van der Waals surface area contributed by atoms with Gasteiger partial charge in [-0.25, -0.2) is 17.9 Å². The Morgan fingerprint density at radius 2 is 1.91 bits per heavy atom. The van der Waals surface area contributed by atoms with Crippen LogP contribution in [0, 0.1) is 0 Å². The van der Waals surface area contributed by atoms with Gasteiger partial charge in [0, 0.05) is 30.4 Å². The van der Waals surface area contributed by atoms with Crippen molar-refractivity contribution in [1.82, 2.24) is 14.6 Å². The molecule has 1 aliphatic rings. The van der Waals surface area contributed by atoms with E-state index in [1.54, 1.807) is 22.8 Å². The number of aryl methyl sites for hydroxylation is 1. The van der Waals surface area contributed by atoms with Gasteiger partial charge >= 0.3 is 0 Å². The van der Waals surface area contributed by atoms with Gasteiger partial charge in [-0.1, -0.05) is 18.2 Å². The third-order valence-electron chi connectivity index (χ3n) is 5.90. The maximum absolute atomic E-state index is 12.2. The Kier molecular flexibility index (Phi) is 5.45. The SMILES string of the molecule is CN(c1ccccc1-c1ccc2cnc(Nc3ccc4c(c3)CCCC(=O)N4)nn12)S(C)(=O)=O. The van der Waals surface area contributed by atoms with Crippen molar-refractivity contribution in [3.05, 3.63) is 66.4 Å². The van der Waals surface area contributed by atoms with Crippen LogP contribution in [0.3, 0.4) is 0 Å². The molecular weight excluding hydrogens is 452 g/mol. The minimum atomic E-state index is -3.43. The first kappa shape index (κ1) is 21.9. The van der Waals surface area contributed by atoms with Crippen LogP contribution in [0.1, 0.15) is 18.4 Å². The van der Waals surface area contributed by atoms with Crippen LogP contribution >= 0.6 is 0 Å². The van der Waals surface area contributed by atoms with Crippen LogP contribution in [0.4, 0.5) is 23.0 Å². The summed E-state index contributed by atoms with van der Waals surface area (Å²) in [6, 6.07) is 16.9. The van der Waals surface area contributed by atoms with Gasteiger partial charge in [0.15, 0.2) is 0 Å². The fourth-order valence-electron chi connectivity index (χ4n) is 4.09. The van der Waals surface area contributed by atoms with Crippen LogP contribution in [0.25, 0.3) is 16.8 Å². The average Bonchev–Trinajstić information content (AvgIpc) is 3.13. The van der Waals surface area contributed by atoms with Crippen molar-refractivity contribution in [2.24, 2.45) is 0 Å². The third kappa shape index (κ3) is 4.19. The molecule has 1 amide bonds. The molecule has 174 valence electrons. The van der Waals surface area contributed by atoms with Gasteiger partial charge in [-0.3, -0.25) is 9.10 Å². The van der Waals surface area contributed by atoms with E-state index in [0.717, 1.165) is 46.6 Å². The maximum atomic E-state index is 12.2. The predicted octanol–water partition coefficient (Wildman–Crippen LogP) is 3.81. The van der Waals surface area contributed by atoms with Crippen LogP contribution in [0.15, 0.2) is 60.8 Å². The summed E-state index contributed by atoms with van der Waals surface area (Å²) in [5.41, 5.74) is 5.55. The number of hydrogen-bond donors (Lipinski definition) is 2. The Balaban J connectivity index is 1.51. The molecule has 2 aromatic heterocycles. The smallest absolute Gasteiger partial charge is 0.245 e. The number of benzene rings is 2. The van der Waals surface area contributed by atoms with Crippen LogP contribution in [-0.4, -0.2) is 42.2 Å². The van der Waals surface area contributed by atoms with Crippen molar-refractivity contribution in [3.8, 4) is 11.3 Å². The zero-order valence-corrected chi connectivity index (χ0v) is 19.6. The number of fused-ring (bicyclic) bond motifs is 2. The van der Waals surface area contributed by atoms with E-state index in [2.05, 4.69) is 20.7 Å². The quantitative estimate of drug-likeness (QED) is 0.453. The Morgan fingerprint density at radius 3 is 2.74 bits per heavy atom. The lowest BCUT2D eigenvalue weighted by Crippen LogP contribution is -2.25. The molecule has 0 saturated carbocycles. The standard InChI is InChI=1S/C24H24N6O3S/c1-29(34(2,32)33)21-8-4-3-7-19(21)22-13-11-18-15-25-24(28-30(18)22)26-17-10-12-20-16(14-17)6-5-9-23(31)27-20/h3-4,7-8,10-15H,5-6,9H2,1-2H3,(H,26,28)(H,27,31). The van der Waals surface area contributed by atoms with Crippen molar-refractivity contribution >= 4 is 44.5 Å². The zero-order chi connectivity index (χ0) is 23.9. The van der Waals surface area contributed by atoms with Gasteiger partial charge in [0.1, 0.15) is 0 Å². The van der Waals surface area contributed by atoms with Crippen molar-refractivity contribution in [1.29, 1.82) is 0 Å². The number of amides is 1. The fraction of sp³-hybridized carbons (Fsp3) is 0.208. The first-order valence-corrected chi connectivity index (χ1v) is 12.7. The van der Waals surface area contributed by atoms with E-state index in [4.69, 9.17) is 0 Å². The highest BCUT2D eigenvalue weighted by molar-refractivity contribution is 7.92. The molecule has 0 atom stereocenters. The van der Waals surface area contributed by atoms with Gasteiger partial charge in [-0.15, -0.1) is 5.10 Å². The number of carbonyl (C=O) groups excluding carboxylic acids is 1. The topological polar surface area (TPSA) is 109 Å². The molecule has 0 unspecified atom stereocenters. The fourth-order valence-corrected chi connectivity index (χ4v) is 4.60. The van der Waals surface area contributed by atoms with Gasteiger partial charge in [0.05, 0.1) is 29.4 Å². The summed E-state index contributed by atoms with van der Waals surface area (Å²) in [6.45, 7) is 0. The van der Waals surface area contributed by atoms with Gasteiger partial charge in [-0.05, 0) is 54.8 Å². The normalized spacial score (nSPS) is 13.8. The highest BCUT2D eigenvalue weighted by Crippen LogP contribution is 2.32. The number of anilines is 4. The van der Waals surface area contributed by atoms with Crippen molar-refractivity contribution < 1.29 is 13.2 Å². The minimum absolute atomic E-state index is 0.0372. The zero-order valence-electron chi connectivity index (χ0n) is 18.8. The van der Waals surface area contributed by atoms with E-state index in [0.29, 0.717) is 18.1 Å². The minimum Gasteiger partial charge on any atom is -0.326 e. The number of hydrogen-bond acceptors (Lipinski definition) is 6. The van der Waals surface area contributed by atoms with E-state index < -0.39 is 10.0 Å². The summed E-state index contributed by atoms with van der Waals surface area (Å²) in [6.07, 6.45) is 5.03. The molecule has 0 bridgehead atoms. The van der Waals surface area contributed by atoms with Crippen LogP contribution in [-0.2, 0) is 21.2 Å². The largest absolute Gasteiger partial charge is 0.326 e. The summed E-state index contributed by atoms with van der Waals surface area (Å²) in [5, 5.41) is 10.9. The van der Waals surface area contributed by atoms with Gasteiger partial charge in [0.25, 0.3) is 0 Å². The Labute approximate surface area is 197 Å². The number of carbonyl (C=O) groups is 1. The van der Waals surface area contributed by atoms with E-state index in [-0.39, 0.29) is 5.91 Å². The molecule has 9 nitrogen and oxygen atoms in total. The molecule has 0 spiro atoms. The second-order valence-electron chi connectivity index (χ2n) is 8.28. The van der Waals surface area contributed by atoms with Crippen molar-refractivity contribution in [2.45, 2.75) is 19.3 Å². The number of rotatable bonds is 5. The van der Waals surface area contributed by atoms with Gasteiger partial charge in [-0.2, -0.15) is 0 Å². The van der Waals surface area contributed by atoms with E-state index >= 15 is 0 Å². The lowest BCUT2D eigenvalue weighted by Gasteiger charge is -2.20. The Hall–Kier alpha value is -3.92. The van der Waals surface area contributed by atoms with Crippen molar-refractivity contribution in [3.63, 3.8) is 0 Å². The maximum Gasteiger partial charge on any atom is 0.245 e. The first-order chi connectivity index (χ1) is 16.3. The number of sulfonamides is 1. The molecule has 5 rings (SSSR count). The Morgan fingerprint density at radius 1 is 1.09 bits per heavy atom. The number of nitrogens with one attached hydrogen (secondary N) is 2. The number of aromatic nitrogens is 3. The molecule has 3 heterocycles. The highest BCUT2D eigenvalue weighted by Gasteiger charge is 2.19. The second kappa shape index (κ2) is 8.45. The van der Waals surface area contributed by atoms with Crippen LogP contribution < -0.4 is 14.9 Å². The molecule has 4 aromatic rings. The number of para-hydroxylation sites is 1. The third-order valence-corrected chi connectivity index (χ3v) is 7.09.